The van der Waals surface area contributed by atoms with Crippen molar-refractivity contribution in [1.29, 1.82) is 0 Å². The summed E-state index contributed by atoms with van der Waals surface area (Å²) in [6, 6.07) is -0.841. The lowest BCUT2D eigenvalue weighted by Gasteiger charge is -2.36. The number of thioether (sulfide) groups is 1. The molecule has 2 unspecified atom stereocenters. The van der Waals surface area contributed by atoms with Crippen LogP contribution in [0.2, 0.25) is 0 Å². The maximum Gasteiger partial charge on any atom is 0.218 e. The fraction of sp³-hybridized carbons (Fsp3) is 0.778. The molecule has 9 nitrogen and oxygen atoms in total. The predicted molar refractivity (Wildman–Crippen MR) is 77.6 cm³/mol. The minimum atomic E-state index is -4.17. The van der Waals surface area contributed by atoms with Crippen molar-refractivity contribution in [3.8, 4) is 0 Å². The zero-order valence-corrected chi connectivity index (χ0v) is 13.8. The first-order chi connectivity index (χ1) is 9.28. The lowest BCUT2D eigenvalue weighted by Crippen LogP contribution is -2.50. The molecule has 0 saturated carbocycles. The van der Waals surface area contributed by atoms with E-state index in [1.807, 2.05) is 0 Å². The van der Waals surface area contributed by atoms with Gasteiger partial charge in [0, 0.05) is 12.5 Å². The first kappa shape index (κ1) is 18.8. The van der Waals surface area contributed by atoms with Crippen molar-refractivity contribution < 1.29 is 32.2 Å². The zero-order chi connectivity index (χ0) is 16.6. The minimum absolute atomic E-state index is 0.184. The topological polar surface area (TPSA) is 167 Å². The van der Waals surface area contributed by atoms with E-state index < -0.39 is 42.3 Å². The molecule has 0 aliphatic carbocycles. The van der Waals surface area contributed by atoms with Crippen LogP contribution in [0.15, 0.2) is 9.81 Å². The molecule has 0 amide bonds. The van der Waals surface area contributed by atoms with Crippen LogP contribution >= 0.6 is 11.8 Å². The Bertz CT molecular complexity index is 636. The number of hydrogen-bond acceptors (Lipinski definition) is 9. The van der Waals surface area contributed by atoms with Crippen LogP contribution in [0.5, 0.6) is 0 Å². The SMILES string of the molecule is CC1=C(SCS(N)(=O)=O)S(=O)(=O)C(C)(O)CC1NC(O)O. The Labute approximate surface area is 127 Å². The summed E-state index contributed by atoms with van der Waals surface area (Å²) in [4.78, 5) is -2.17. The molecule has 1 heterocycles. The molecule has 1 aliphatic rings. The Morgan fingerprint density at radius 2 is 2.05 bits per heavy atom. The second kappa shape index (κ2) is 6.12. The van der Waals surface area contributed by atoms with Crippen LogP contribution in [-0.4, -0.2) is 54.6 Å². The molecule has 124 valence electrons. The average Bonchev–Trinajstić information content (AvgIpc) is 2.23. The molecule has 0 bridgehead atoms. The van der Waals surface area contributed by atoms with Crippen molar-refractivity contribution in [2.75, 3.05) is 5.08 Å². The van der Waals surface area contributed by atoms with Crippen LogP contribution in [0.3, 0.4) is 0 Å². The molecule has 0 aromatic rings. The molecule has 1 aliphatic heterocycles. The Kier molecular flexibility index (Phi) is 5.49. The minimum Gasteiger partial charge on any atom is -0.374 e. The standard InChI is InChI=1S/C9H18N2O7S3/c1-5-6(11-8(12)13)3-9(2,14)21(17,18)7(5)19-4-20(10,15)16/h6,8,11-14H,3-4H2,1-2H3,(H2,10,15,16). The van der Waals surface area contributed by atoms with Crippen LogP contribution in [-0.2, 0) is 19.9 Å². The van der Waals surface area contributed by atoms with Gasteiger partial charge in [0.2, 0.25) is 26.3 Å². The van der Waals surface area contributed by atoms with E-state index in [1.165, 1.54) is 6.92 Å². The summed E-state index contributed by atoms with van der Waals surface area (Å²) >= 11 is 0.468. The largest absolute Gasteiger partial charge is 0.374 e. The molecule has 2 atom stereocenters. The smallest absolute Gasteiger partial charge is 0.218 e. The Hall–Kier alpha value is -0.210. The highest BCUT2D eigenvalue weighted by atomic mass is 32.3. The number of hydrogen-bond donors (Lipinski definition) is 5. The van der Waals surface area contributed by atoms with Crippen molar-refractivity contribution in [2.45, 2.75) is 37.7 Å². The molecular weight excluding hydrogens is 344 g/mol. The third kappa shape index (κ3) is 4.39. The molecule has 21 heavy (non-hydrogen) atoms. The number of primary sulfonamides is 1. The summed E-state index contributed by atoms with van der Waals surface area (Å²) in [6.45, 7) is 2.46. The lowest BCUT2D eigenvalue weighted by atomic mass is 10.0. The highest BCUT2D eigenvalue weighted by Gasteiger charge is 2.48. The number of aliphatic hydroxyl groups is 3. The molecule has 0 spiro atoms. The lowest BCUT2D eigenvalue weighted by molar-refractivity contribution is -0.0742. The monoisotopic (exact) mass is 362 g/mol. The summed E-state index contributed by atoms with van der Waals surface area (Å²) in [5.74, 6) is 0. The van der Waals surface area contributed by atoms with E-state index >= 15 is 0 Å². The average molecular weight is 362 g/mol. The van der Waals surface area contributed by atoms with Crippen LogP contribution in [0, 0.1) is 0 Å². The predicted octanol–water partition coefficient (Wildman–Crippen LogP) is -2.05. The van der Waals surface area contributed by atoms with Gasteiger partial charge in [-0.1, -0.05) is 11.8 Å². The van der Waals surface area contributed by atoms with Crippen molar-refractivity contribution in [3.05, 3.63) is 9.81 Å². The van der Waals surface area contributed by atoms with E-state index in [0.29, 0.717) is 11.8 Å². The summed E-state index contributed by atoms with van der Waals surface area (Å²) in [5, 5.41) is 34.4. The van der Waals surface area contributed by atoms with Gasteiger partial charge in [0.05, 0.1) is 0 Å². The number of sulfone groups is 1. The van der Waals surface area contributed by atoms with Gasteiger partial charge < -0.3 is 15.3 Å². The molecular formula is C9H18N2O7S3. The normalized spacial score (nSPS) is 30.0. The highest BCUT2D eigenvalue weighted by molar-refractivity contribution is 8.23. The zero-order valence-electron chi connectivity index (χ0n) is 11.3. The van der Waals surface area contributed by atoms with Crippen molar-refractivity contribution in [2.24, 2.45) is 5.14 Å². The molecule has 0 radical (unpaired) electrons. The summed E-state index contributed by atoms with van der Waals surface area (Å²) in [7, 11) is -8.08. The number of nitrogens with one attached hydrogen (secondary N) is 1. The van der Waals surface area contributed by atoms with Crippen LogP contribution in [0.25, 0.3) is 0 Å². The van der Waals surface area contributed by atoms with Crippen molar-refractivity contribution >= 4 is 31.6 Å². The van der Waals surface area contributed by atoms with Crippen LogP contribution in [0.4, 0.5) is 0 Å². The van der Waals surface area contributed by atoms with Gasteiger partial charge in [-0.15, -0.1) is 0 Å². The van der Waals surface area contributed by atoms with Crippen LogP contribution < -0.4 is 10.5 Å². The highest BCUT2D eigenvalue weighted by Crippen LogP contribution is 2.41. The molecule has 0 fully saturated rings. The Balaban J connectivity index is 3.28. The fourth-order valence-electron chi connectivity index (χ4n) is 1.89. The molecule has 0 aromatic carbocycles. The molecule has 0 aromatic heterocycles. The van der Waals surface area contributed by atoms with Gasteiger partial charge >= 0.3 is 0 Å². The first-order valence-electron chi connectivity index (χ1n) is 5.71. The van der Waals surface area contributed by atoms with E-state index in [-0.39, 0.29) is 16.2 Å². The Morgan fingerprint density at radius 1 is 1.52 bits per heavy atom. The number of sulfonamides is 1. The summed E-state index contributed by atoms with van der Waals surface area (Å²) < 4.78 is 46.2. The fourth-order valence-corrected chi connectivity index (χ4v) is 6.29. The van der Waals surface area contributed by atoms with Crippen molar-refractivity contribution in [3.63, 3.8) is 0 Å². The second-order valence-electron chi connectivity index (χ2n) is 4.87. The van der Waals surface area contributed by atoms with E-state index in [1.54, 1.807) is 0 Å². The molecule has 12 heteroatoms. The third-order valence-electron chi connectivity index (χ3n) is 2.96. The van der Waals surface area contributed by atoms with E-state index in [9.17, 15) is 21.9 Å². The summed E-state index contributed by atoms with van der Waals surface area (Å²) in [5.41, 5.74) is 0.184. The number of rotatable bonds is 5. The summed E-state index contributed by atoms with van der Waals surface area (Å²) in [6.07, 6.45) is -2.22. The second-order valence-corrected chi connectivity index (χ2v) is 10.4. The van der Waals surface area contributed by atoms with Gasteiger partial charge in [0.15, 0.2) is 4.93 Å². The molecule has 1 rings (SSSR count). The number of aliphatic hydroxyl groups excluding tert-OH is 1. The van der Waals surface area contributed by atoms with E-state index in [0.717, 1.165) is 6.92 Å². The van der Waals surface area contributed by atoms with Gasteiger partial charge in [0.25, 0.3) is 0 Å². The maximum absolute atomic E-state index is 12.3. The Morgan fingerprint density at radius 3 is 2.48 bits per heavy atom. The van der Waals surface area contributed by atoms with E-state index in [2.05, 4.69) is 5.32 Å². The maximum atomic E-state index is 12.3. The number of nitrogens with two attached hydrogens (primary N) is 1. The quantitative estimate of drug-likeness (QED) is 0.346. The molecule has 0 saturated heterocycles. The first-order valence-corrected chi connectivity index (χ1v) is 9.89. The van der Waals surface area contributed by atoms with Gasteiger partial charge in [-0.05, 0) is 19.4 Å². The van der Waals surface area contributed by atoms with Gasteiger partial charge in [-0.2, -0.15) is 0 Å². The van der Waals surface area contributed by atoms with Crippen molar-refractivity contribution in [1.82, 2.24) is 5.32 Å². The van der Waals surface area contributed by atoms with Gasteiger partial charge in [-0.3, -0.25) is 5.32 Å². The van der Waals surface area contributed by atoms with Gasteiger partial charge in [-0.25, -0.2) is 22.0 Å². The van der Waals surface area contributed by atoms with Gasteiger partial charge in [0.1, 0.15) is 9.32 Å². The van der Waals surface area contributed by atoms with Crippen LogP contribution in [0.1, 0.15) is 20.3 Å². The molecule has 6 N–H and O–H groups in total. The third-order valence-corrected chi connectivity index (χ3v) is 8.47. The van der Waals surface area contributed by atoms with E-state index in [4.69, 9.17) is 15.4 Å².